The molecule has 0 aromatic heterocycles. The molecule has 0 heterocycles. The Morgan fingerprint density at radius 1 is 1.47 bits per heavy atom. The second kappa shape index (κ2) is 5.07. The van der Waals surface area contributed by atoms with Crippen molar-refractivity contribution in [2.45, 2.75) is 25.6 Å². The number of amides is 1. The first kappa shape index (κ1) is 13.3. The van der Waals surface area contributed by atoms with Gasteiger partial charge in [0.05, 0.1) is 0 Å². The third-order valence-corrected chi connectivity index (χ3v) is 2.09. The van der Waals surface area contributed by atoms with E-state index in [9.17, 15) is 18.0 Å². The molecule has 0 saturated carbocycles. The van der Waals surface area contributed by atoms with Crippen molar-refractivity contribution >= 4 is 5.91 Å². The number of alkyl halides is 3. The van der Waals surface area contributed by atoms with Crippen molar-refractivity contribution in [3.8, 4) is 5.75 Å². The van der Waals surface area contributed by atoms with Crippen molar-refractivity contribution in [3.63, 3.8) is 0 Å². The molecule has 0 aliphatic rings. The number of hydrogen-bond donors (Lipinski definition) is 2. The van der Waals surface area contributed by atoms with Gasteiger partial charge in [-0.1, -0.05) is 12.1 Å². The number of carbonyl (C=O) groups is 1. The molecule has 3 nitrogen and oxygen atoms in total. The Morgan fingerprint density at radius 3 is 2.65 bits per heavy atom. The maximum Gasteiger partial charge on any atom is 0.471 e. The van der Waals surface area contributed by atoms with E-state index in [1.54, 1.807) is 12.1 Å². The Labute approximate surface area is 96.3 Å². The van der Waals surface area contributed by atoms with Crippen LogP contribution in [0.5, 0.6) is 5.75 Å². The second-order valence-corrected chi connectivity index (χ2v) is 3.75. The average Bonchev–Trinajstić information content (AvgIpc) is 2.15. The lowest BCUT2D eigenvalue weighted by Crippen LogP contribution is -2.42. The fourth-order valence-electron chi connectivity index (χ4n) is 1.39. The maximum absolute atomic E-state index is 12.0. The standard InChI is InChI=1S/C11H12F3NO2/c1-7(15-10(17)11(12,13)14)5-8-3-2-4-9(16)6-8/h2-4,6-7,16H,5H2,1H3,(H,15,17). The minimum absolute atomic E-state index is 0.0387. The summed E-state index contributed by atoms with van der Waals surface area (Å²) in [4.78, 5) is 10.6. The molecule has 17 heavy (non-hydrogen) atoms. The van der Waals surface area contributed by atoms with Crippen molar-refractivity contribution < 1.29 is 23.1 Å². The fraction of sp³-hybridized carbons (Fsp3) is 0.364. The van der Waals surface area contributed by atoms with Crippen LogP contribution >= 0.6 is 0 Å². The van der Waals surface area contributed by atoms with Crippen molar-refractivity contribution in [1.29, 1.82) is 0 Å². The molecule has 0 fully saturated rings. The van der Waals surface area contributed by atoms with Gasteiger partial charge in [0, 0.05) is 6.04 Å². The highest BCUT2D eigenvalue weighted by Crippen LogP contribution is 2.16. The Hall–Kier alpha value is -1.72. The van der Waals surface area contributed by atoms with E-state index in [1.807, 2.05) is 5.32 Å². The number of rotatable bonds is 3. The van der Waals surface area contributed by atoms with Crippen molar-refractivity contribution in [2.24, 2.45) is 0 Å². The average molecular weight is 247 g/mol. The van der Waals surface area contributed by atoms with E-state index in [1.165, 1.54) is 19.1 Å². The first-order valence-electron chi connectivity index (χ1n) is 4.94. The molecule has 0 bridgehead atoms. The minimum Gasteiger partial charge on any atom is -0.508 e. The van der Waals surface area contributed by atoms with E-state index >= 15 is 0 Å². The van der Waals surface area contributed by atoms with E-state index in [-0.39, 0.29) is 12.2 Å². The molecular weight excluding hydrogens is 235 g/mol. The smallest absolute Gasteiger partial charge is 0.471 e. The summed E-state index contributed by atoms with van der Waals surface area (Å²) in [6, 6.07) is 5.49. The summed E-state index contributed by atoms with van der Waals surface area (Å²) in [5.74, 6) is -1.91. The van der Waals surface area contributed by atoms with Crippen molar-refractivity contribution in [3.05, 3.63) is 29.8 Å². The molecule has 2 N–H and O–H groups in total. The summed E-state index contributed by atoms with van der Waals surface area (Å²) in [5.41, 5.74) is 0.653. The summed E-state index contributed by atoms with van der Waals surface area (Å²) in [6.07, 6.45) is -4.65. The summed E-state index contributed by atoms with van der Waals surface area (Å²) >= 11 is 0. The lowest BCUT2D eigenvalue weighted by Gasteiger charge is -2.15. The summed E-state index contributed by atoms with van der Waals surface area (Å²) in [6.45, 7) is 1.47. The van der Waals surface area contributed by atoms with Gasteiger partial charge >= 0.3 is 12.1 Å². The minimum atomic E-state index is -4.87. The number of phenols is 1. The van der Waals surface area contributed by atoms with Crippen LogP contribution in [0.4, 0.5) is 13.2 Å². The zero-order valence-corrected chi connectivity index (χ0v) is 9.08. The molecule has 0 aliphatic carbocycles. The number of nitrogens with one attached hydrogen (secondary N) is 1. The van der Waals surface area contributed by atoms with Gasteiger partial charge in [-0.25, -0.2) is 0 Å². The normalized spacial score (nSPS) is 13.2. The molecule has 0 radical (unpaired) electrons. The van der Waals surface area contributed by atoms with Gasteiger partial charge in [0.1, 0.15) is 5.75 Å². The van der Waals surface area contributed by atoms with E-state index in [4.69, 9.17) is 5.11 Å². The Balaban J connectivity index is 2.56. The van der Waals surface area contributed by atoms with E-state index in [2.05, 4.69) is 0 Å². The molecule has 6 heteroatoms. The van der Waals surface area contributed by atoms with Crippen LogP contribution in [0.15, 0.2) is 24.3 Å². The van der Waals surface area contributed by atoms with E-state index in [0.29, 0.717) is 5.56 Å². The van der Waals surface area contributed by atoms with Crippen LogP contribution in [0.3, 0.4) is 0 Å². The maximum atomic E-state index is 12.0. The number of benzene rings is 1. The molecule has 0 aliphatic heterocycles. The molecule has 1 amide bonds. The number of carbonyl (C=O) groups excluding carboxylic acids is 1. The van der Waals surface area contributed by atoms with Crippen LogP contribution in [-0.2, 0) is 11.2 Å². The highest BCUT2D eigenvalue weighted by atomic mass is 19.4. The highest BCUT2D eigenvalue weighted by Gasteiger charge is 2.39. The van der Waals surface area contributed by atoms with Gasteiger partial charge in [0.15, 0.2) is 0 Å². The highest BCUT2D eigenvalue weighted by molar-refractivity contribution is 5.81. The first-order valence-corrected chi connectivity index (χ1v) is 4.94. The van der Waals surface area contributed by atoms with Gasteiger partial charge in [-0.05, 0) is 31.0 Å². The molecule has 1 aromatic rings. The number of hydrogen-bond acceptors (Lipinski definition) is 2. The molecule has 1 atom stereocenters. The van der Waals surface area contributed by atoms with Crippen LogP contribution < -0.4 is 5.32 Å². The molecule has 0 saturated heterocycles. The lowest BCUT2D eigenvalue weighted by atomic mass is 10.1. The molecule has 1 aromatic carbocycles. The van der Waals surface area contributed by atoms with Crippen LogP contribution in [0.25, 0.3) is 0 Å². The molecule has 94 valence electrons. The van der Waals surface area contributed by atoms with Gasteiger partial charge in [-0.3, -0.25) is 4.79 Å². The first-order chi connectivity index (χ1) is 7.79. The summed E-state index contributed by atoms with van der Waals surface area (Å²) in [7, 11) is 0. The van der Waals surface area contributed by atoms with Crippen LogP contribution in [-0.4, -0.2) is 23.2 Å². The topological polar surface area (TPSA) is 49.3 Å². The Morgan fingerprint density at radius 2 is 2.12 bits per heavy atom. The predicted molar refractivity (Wildman–Crippen MR) is 55.5 cm³/mol. The number of halogens is 3. The third kappa shape index (κ3) is 4.34. The quantitative estimate of drug-likeness (QED) is 0.858. The zero-order chi connectivity index (χ0) is 13.1. The second-order valence-electron chi connectivity index (χ2n) is 3.75. The SMILES string of the molecule is CC(Cc1cccc(O)c1)NC(=O)C(F)(F)F. The van der Waals surface area contributed by atoms with E-state index in [0.717, 1.165) is 0 Å². The van der Waals surface area contributed by atoms with Crippen LogP contribution in [0.2, 0.25) is 0 Å². The monoisotopic (exact) mass is 247 g/mol. The molecule has 1 rings (SSSR count). The van der Waals surface area contributed by atoms with Crippen LogP contribution in [0, 0.1) is 0 Å². The predicted octanol–water partition coefficient (Wildman–Crippen LogP) is 2.00. The lowest BCUT2D eigenvalue weighted by molar-refractivity contribution is -0.174. The van der Waals surface area contributed by atoms with Crippen molar-refractivity contribution in [2.75, 3.05) is 0 Å². The molecule has 0 spiro atoms. The number of phenolic OH excluding ortho intramolecular Hbond substituents is 1. The van der Waals surface area contributed by atoms with Gasteiger partial charge in [0.25, 0.3) is 0 Å². The summed E-state index contributed by atoms with van der Waals surface area (Å²) < 4.78 is 35.9. The van der Waals surface area contributed by atoms with Crippen LogP contribution in [0.1, 0.15) is 12.5 Å². The van der Waals surface area contributed by atoms with Gasteiger partial charge in [-0.15, -0.1) is 0 Å². The molecule has 1 unspecified atom stereocenters. The Bertz CT molecular complexity index is 404. The van der Waals surface area contributed by atoms with Gasteiger partial charge in [0.2, 0.25) is 0 Å². The fourth-order valence-corrected chi connectivity index (χ4v) is 1.39. The largest absolute Gasteiger partial charge is 0.508 e. The van der Waals surface area contributed by atoms with Crippen molar-refractivity contribution in [1.82, 2.24) is 5.32 Å². The number of aromatic hydroxyl groups is 1. The molecular formula is C11H12F3NO2. The van der Waals surface area contributed by atoms with Gasteiger partial charge in [-0.2, -0.15) is 13.2 Å². The van der Waals surface area contributed by atoms with Gasteiger partial charge < -0.3 is 10.4 Å². The Kier molecular flexibility index (Phi) is 3.98. The third-order valence-electron chi connectivity index (χ3n) is 2.09. The zero-order valence-electron chi connectivity index (χ0n) is 9.08. The van der Waals surface area contributed by atoms with E-state index < -0.39 is 18.1 Å². The summed E-state index contributed by atoms with van der Waals surface area (Å²) in [5, 5.41) is 11.0.